The molecule has 2 heterocycles. The van der Waals surface area contributed by atoms with Gasteiger partial charge >= 0.3 is 0 Å². The first-order valence-electron chi connectivity index (χ1n) is 8.44. The number of rotatable bonds is 6. The molecule has 5 heteroatoms. The summed E-state index contributed by atoms with van der Waals surface area (Å²) < 4.78 is 5.25. The third-order valence-electron chi connectivity index (χ3n) is 4.12. The van der Waals surface area contributed by atoms with Crippen molar-refractivity contribution in [1.29, 1.82) is 0 Å². The molecule has 0 atom stereocenters. The number of nitrogens with two attached hydrogens (primary N) is 1. The number of ether oxygens (including phenoxy) is 1. The second-order valence-electron chi connectivity index (χ2n) is 5.83. The van der Waals surface area contributed by atoms with Crippen molar-refractivity contribution in [3.05, 3.63) is 54.4 Å². The van der Waals surface area contributed by atoms with E-state index in [9.17, 15) is 0 Å². The Morgan fingerprint density at radius 3 is 2.08 bits per heavy atom. The Kier molecular flexibility index (Phi) is 5.23. The van der Waals surface area contributed by atoms with Gasteiger partial charge in [0.05, 0.1) is 18.5 Å². The Morgan fingerprint density at radius 1 is 0.920 bits per heavy atom. The summed E-state index contributed by atoms with van der Waals surface area (Å²) >= 11 is 0. The lowest BCUT2D eigenvalue weighted by molar-refractivity contribution is 0.415. The van der Waals surface area contributed by atoms with Crippen LogP contribution >= 0.6 is 0 Å². The number of anilines is 1. The zero-order valence-corrected chi connectivity index (χ0v) is 14.6. The van der Waals surface area contributed by atoms with Gasteiger partial charge in [0, 0.05) is 29.1 Å². The van der Waals surface area contributed by atoms with Crippen LogP contribution in [0, 0.1) is 0 Å². The van der Waals surface area contributed by atoms with Crippen molar-refractivity contribution in [3.8, 4) is 28.3 Å². The number of aromatic nitrogens is 3. The monoisotopic (exact) mass is 334 g/mol. The number of unbranched alkanes of at least 4 members (excludes halogenated alkanes) is 1. The first kappa shape index (κ1) is 16.9. The Morgan fingerprint density at radius 2 is 1.52 bits per heavy atom. The Bertz CT molecular complexity index is 832. The lowest BCUT2D eigenvalue weighted by Crippen LogP contribution is -2.05. The molecule has 3 rings (SSSR count). The molecule has 0 amide bonds. The van der Waals surface area contributed by atoms with Gasteiger partial charge in [-0.05, 0) is 49.2 Å². The quantitative estimate of drug-likeness (QED) is 0.733. The molecule has 0 aliphatic rings. The maximum atomic E-state index is 6.03. The minimum absolute atomic E-state index is 0.276. The Hall–Kier alpha value is -2.95. The topological polar surface area (TPSA) is 73.9 Å². The van der Waals surface area contributed by atoms with Crippen LogP contribution in [-0.2, 0) is 6.42 Å². The SMILES string of the molecule is CCCCc1c(-c2ccncc2)nc(N)nc1-c1ccc(OC)cc1. The molecule has 0 saturated carbocycles. The van der Waals surface area contributed by atoms with Gasteiger partial charge in [-0.1, -0.05) is 13.3 Å². The molecule has 2 N–H and O–H groups in total. The molecule has 2 aromatic heterocycles. The van der Waals surface area contributed by atoms with Gasteiger partial charge in [-0.25, -0.2) is 9.97 Å². The number of methoxy groups -OCH3 is 1. The highest BCUT2D eigenvalue weighted by atomic mass is 16.5. The fourth-order valence-electron chi connectivity index (χ4n) is 2.83. The van der Waals surface area contributed by atoms with E-state index in [0.717, 1.165) is 53.1 Å². The van der Waals surface area contributed by atoms with Crippen LogP contribution in [0.2, 0.25) is 0 Å². The van der Waals surface area contributed by atoms with E-state index in [1.54, 1.807) is 19.5 Å². The van der Waals surface area contributed by atoms with Crippen molar-refractivity contribution in [2.24, 2.45) is 0 Å². The van der Waals surface area contributed by atoms with Gasteiger partial charge in [-0.2, -0.15) is 0 Å². The lowest BCUT2D eigenvalue weighted by atomic mass is 9.96. The molecule has 1 aromatic carbocycles. The molecule has 0 radical (unpaired) electrons. The van der Waals surface area contributed by atoms with Crippen molar-refractivity contribution in [1.82, 2.24) is 15.0 Å². The zero-order chi connectivity index (χ0) is 17.6. The predicted molar refractivity (Wildman–Crippen MR) is 100 cm³/mol. The molecule has 25 heavy (non-hydrogen) atoms. The number of hydrogen-bond donors (Lipinski definition) is 1. The molecule has 3 aromatic rings. The summed E-state index contributed by atoms with van der Waals surface area (Å²) in [4.78, 5) is 13.2. The van der Waals surface area contributed by atoms with Crippen molar-refractivity contribution in [2.75, 3.05) is 12.8 Å². The molecule has 0 bridgehead atoms. The summed E-state index contributed by atoms with van der Waals surface area (Å²) in [5, 5.41) is 0. The van der Waals surface area contributed by atoms with Crippen molar-refractivity contribution < 1.29 is 4.74 Å². The number of hydrogen-bond acceptors (Lipinski definition) is 5. The van der Waals surface area contributed by atoms with E-state index in [-0.39, 0.29) is 5.95 Å². The summed E-state index contributed by atoms with van der Waals surface area (Å²) in [6, 6.07) is 11.8. The predicted octanol–water partition coefficient (Wildman–Crippen LogP) is 4.14. The average molecular weight is 334 g/mol. The molecule has 0 saturated heterocycles. The van der Waals surface area contributed by atoms with Crippen LogP contribution in [0.3, 0.4) is 0 Å². The lowest BCUT2D eigenvalue weighted by Gasteiger charge is -2.15. The first-order valence-corrected chi connectivity index (χ1v) is 8.44. The van der Waals surface area contributed by atoms with Crippen molar-refractivity contribution >= 4 is 5.95 Å². The van der Waals surface area contributed by atoms with E-state index in [1.807, 2.05) is 36.4 Å². The highest BCUT2D eigenvalue weighted by molar-refractivity contribution is 5.75. The van der Waals surface area contributed by atoms with Gasteiger partial charge in [0.25, 0.3) is 0 Å². The van der Waals surface area contributed by atoms with Crippen LogP contribution < -0.4 is 10.5 Å². The van der Waals surface area contributed by atoms with Crippen LogP contribution in [-0.4, -0.2) is 22.1 Å². The molecule has 5 nitrogen and oxygen atoms in total. The smallest absolute Gasteiger partial charge is 0.221 e. The molecule has 128 valence electrons. The average Bonchev–Trinajstić information content (AvgIpc) is 2.67. The molecule has 0 spiro atoms. The summed E-state index contributed by atoms with van der Waals surface area (Å²) in [5.41, 5.74) is 10.9. The number of benzene rings is 1. The summed E-state index contributed by atoms with van der Waals surface area (Å²) in [5.74, 6) is 1.09. The summed E-state index contributed by atoms with van der Waals surface area (Å²) in [6.07, 6.45) is 6.60. The highest BCUT2D eigenvalue weighted by Crippen LogP contribution is 2.32. The van der Waals surface area contributed by atoms with E-state index in [2.05, 4.69) is 21.9 Å². The number of nitrogens with zero attached hydrogens (tertiary/aromatic N) is 3. The zero-order valence-electron chi connectivity index (χ0n) is 14.6. The van der Waals surface area contributed by atoms with Gasteiger partial charge in [0.15, 0.2) is 0 Å². The Balaban J connectivity index is 2.17. The molecule has 0 fully saturated rings. The standard InChI is InChI=1S/C20H22N4O/c1-3-4-5-17-18(14-6-8-16(25-2)9-7-14)23-20(21)24-19(17)15-10-12-22-13-11-15/h6-13H,3-5H2,1-2H3,(H2,21,23,24). The third-order valence-corrected chi connectivity index (χ3v) is 4.12. The fourth-order valence-corrected chi connectivity index (χ4v) is 2.83. The van der Waals surface area contributed by atoms with E-state index in [0.29, 0.717) is 0 Å². The summed E-state index contributed by atoms with van der Waals surface area (Å²) in [7, 11) is 1.66. The van der Waals surface area contributed by atoms with Gasteiger partial charge in [-0.15, -0.1) is 0 Å². The van der Waals surface area contributed by atoms with E-state index in [4.69, 9.17) is 10.5 Å². The molecule has 0 unspecified atom stereocenters. The van der Waals surface area contributed by atoms with Crippen LogP contribution in [0.15, 0.2) is 48.8 Å². The third kappa shape index (κ3) is 3.76. The molecule has 0 aliphatic carbocycles. The second-order valence-corrected chi connectivity index (χ2v) is 5.83. The normalized spacial score (nSPS) is 10.6. The van der Waals surface area contributed by atoms with Crippen LogP contribution in [0.4, 0.5) is 5.95 Å². The van der Waals surface area contributed by atoms with Crippen molar-refractivity contribution in [2.45, 2.75) is 26.2 Å². The maximum Gasteiger partial charge on any atom is 0.221 e. The van der Waals surface area contributed by atoms with E-state index >= 15 is 0 Å². The van der Waals surface area contributed by atoms with Crippen molar-refractivity contribution in [3.63, 3.8) is 0 Å². The van der Waals surface area contributed by atoms with Gasteiger partial charge in [0.1, 0.15) is 5.75 Å². The largest absolute Gasteiger partial charge is 0.497 e. The maximum absolute atomic E-state index is 6.03. The van der Waals surface area contributed by atoms with Crippen LogP contribution in [0.5, 0.6) is 5.75 Å². The fraction of sp³-hybridized carbons (Fsp3) is 0.250. The van der Waals surface area contributed by atoms with E-state index in [1.165, 1.54) is 0 Å². The minimum atomic E-state index is 0.276. The van der Waals surface area contributed by atoms with Crippen LogP contribution in [0.25, 0.3) is 22.5 Å². The number of pyridine rings is 1. The Labute approximate surface area is 147 Å². The van der Waals surface area contributed by atoms with Gasteiger partial charge in [-0.3, -0.25) is 4.98 Å². The molecule has 0 aliphatic heterocycles. The number of nitrogen functional groups attached to an aromatic ring is 1. The van der Waals surface area contributed by atoms with E-state index < -0.39 is 0 Å². The molecular formula is C20H22N4O. The summed E-state index contributed by atoms with van der Waals surface area (Å²) in [6.45, 7) is 2.18. The van der Waals surface area contributed by atoms with Gasteiger partial charge < -0.3 is 10.5 Å². The van der Waals surface area contributed by atoms with Crippen LogP contribution in [0.1, 0.15) is 25.3 Å². The highest BCUT2D eigenvalue weighted by Gasteiger charge is 2.16. The second kappa shape index (κ2) is 7.75. The van der Waals surface area contributed by atoms with Gasteiger partial charge in [0.2, 0.25) is 5.95 Å². The minimum Gasteiger partial charge on any atom is -0.497 e. The first-order chi connectivity index (χ1) is 12.2. The molecular weight excluding hydrogens is 312 g/mol.